The molecule has 0 unspecified atom stereocenters. The molecule has 3 aliphatic rings. The van der Waals surface area contributed by atoms with Gasteiger partial charge in [-0.25, -0.2) is 23.2 Å². The zero-order valence-corrected chi connectivity index (χ0v) is 22.0. The Kier molecular flexibility index (Phi) is 7.23. The molecule has 1 aliphatic carbocycles. The summed E-state index contributed by atoms with van der Waals surface area (Å²) in [5, 5.41) is 8.48. The van der Waals surface area contributed by atoms with Crippen molar-refractivity contribution >= 4 is 17.7 Å². The average Bonchev–Trinajstić information content (AvgIpc) is 3.52. The molecule has 38 heavy (non-hydrogen) atoms. The second-order valence-electron chi connectivity index (χ2n) is 10.7. The van der Waals surface area contributed by atoms with Gasteiger partial charge < -0.3 is 14.4 Å². The van der Waals surface area contributed by atoms with Crippen molar-refractivity contribution in [2.75, 3.05) is 31.6 Å². The van der Waals surface area contributed by atoms with Crippen LogP contribution in [0.3, 0.4) is 0 Å². The number of anilines is 1. The molecule has 4 heterocycles. The van der Waals surface area contributed by atoms with E-state index in [2.05, 4.69) is 10.3 Å². The van der Waals surface area contributed by atoms with Crippen LogP contribution in [0.1, 0.15) is 50.4 Å². The molecule has 206 valence electrons. The van der Waals surface area contributed by atoms with Crippen molar-refractivity contribution < 1.29 is 27.8 Å². The van der Waals surface area contributed by atoms with Crippen LogP contribution in [-0.2, 0) is 34.3 Å². The highest BCUT2D eigenvalue weighted by molar-refractivity contribution is 5.71. The predicted octanol–water partition coefficient (Wildman–Crippen LogP) is 3.59. The third kappa shape index (κ3) is 5.73. The van der Waals surface area contributed by atoms with Crippen molar-refractivity contribution in [1.82, 2.24) is 24.9 Å². The lowest BCUT2D eigenvalue weighted by atomic mass is 9.91. The summed E-state index contributed by atoms with van der Waals surface area (Å²) in [6.45, 7) is 2.61. The van der Waals surface area contributed by atoms with Crippen molar-refractivity contribution in [3.05, 3.63) is 23.5 Å². The number of halogens is 2. The molecule has 2 atom stereocenters. The van der Waals surface area contributed by atoms with Crippen LogP contribution in [0.25, 0.3) is 11.4 Å². The molecule has 2 saturated heterocycles. The van der Waals surface area contributed by atoms with Gasteiger partial charge in [0, 0.05) is 20.0 Å². The maximum absolute atomic E-state index is 14.6. The van der Waals surface area contributed by atoms with Crippen LogP contribution in [0.5, 0.6) is 0 Å². The minimum Gasteiger partial charge on any atom is -0.469 e. The van der Waals surface area contributed by atoms with E-state index < -0.39 is 24.4 Å². The molecule has 1 saturated carbocycles. The highest BCUT2D eigenvalue weighted by atomic mass is 19.3. The average molecular weight is 533 g/mol. The van der Waals surface area contributed by atoms with E-state index in [4.69, 9.17) is 14.5 Å². The quantitative estimate of drug-likeness (QED) is 0.452. The maximum atomic E-state index is 14.6. The van der Waals surface area contributed by atoms with Crippen molar-refractivity contribution in [3.63, 3.8) is 0 Å². The summed E-state index contributed by atoms with van der Waals surface area (Å²) in [6.07, 6.45) is 2.98. The lowest BCUT2D eigenvalue weighted by molar-refractivity contribution is -0.142. The first-order chi connectivity index (χ1) is 18.2. The first-order valence-electron chi connectivity index (χ1n) is 13.2. The van der Waals surface area contributed by atoms with Crippen LogP contribution in [0, 0.1) is 11.8 Å². The summed E-state index contributed by atoms with van der Waals surface area (Å²) < 4.78 is 41.1. The summed E-state index contributed by atoms with van der Waals surface area (Å²) in [5.41, 5.74) is 3.09. The van der Waals surface area contributed by atoms with E-state index >= 15 is 0 Å². The van der Waals surface area contributed by atoms with E-state index in [-0.39, 0.29) is 31.6 Å². The zero-order chi connectivity index (χ0) is 27.0. The van der Waals surface area contributed by atoms with Gasteiger partial charge in [-0.15, -0.1) is 5.10 Å². The van der Waals surface area contributed by atoms with E-state index in [0.29, 0.717) is 48.2 Å². The fourth-order valence-corrected chi connectivity index (χ4v) is 5.51. The van der Waals surface area contributed by atoms with Gasteiger partial charge in [0.2, 0.25) is 0 Å². The molecule has 0 spiro atoms. The predicted molar refractivity (Wildman–Crippen MR) is 134 cm³/mol. The Bertz CT molecular complexity index is 1200. The number of cyclic esters (lactones) is 1. The number of pyridine rings is 1. The van der Waals surface area contributed by atoms with Gasteiger partial charge >= 0.3 is 12.1 Å². The van der Waals surface area contributed by atoms with E-state index in [1.54, 1.807) is 33.7 Å². The summed E-state index contributed by atoms with van der Waals surface area (Å²) in [5.74, 6) is -3.29. The van der Waals surface area contributed by atoms with Crippen molar-refractivity contribution in [2.45, 2.75) is 64.0 Å². The lowest BCUT2D eigenvalue weighted by Crippen LogP contribution is -2.48. The first kappa shape index (κ1) is 26.3. The Hall–Kier alpha value is -3.31. The standard InChI is InChI=1S/C26H34F2N6O4/c1-4-19-21(34-12-17(10-23(35)37-3)11-26(27,28)15-34)8-7-20(29-19)24-22(32(2)31-30-24)14-33-13-18(38-25(33)36)9-16-5-6-16/h7-8,16-18H,4-6,9-15H2,1-3H3/t17-,18-/m0/s1. The highest BCUT2D eigenvalue weighted by Crippen LogP contribution is 2.38. The molecule has 2 aliphatic heterocycles. The lowest BCUT2D eigenvalue weighted by Gasteiger charge is -2.39. The third-order valence-electron chi connectivity index (χ3n) is 7.57. The zero-order valence-electron chi connectivity index (χ0n) is 22.0. The van der Waals surface area contributed by atoms with Gasteiger partial charge in [-0.05, 0) is 36.8 Å². The Morgan fingerprint density at radius 2 is 2.03 bits per heavy atom. The Labute approximate surface area is 220 Å². The van der Waals surface area contributed by atoms with E-state index in [1.807, 2.05) is 6.92 Å². The summed E-state index contributed by atoms with van der Waals surface area (Å²) in [7, 11) is 3.03. The van der Waals surface area contributed by atoms with Crippen molar-refractivity contribution in [3.8, 4) is 11.4 Å². The largest absolute Gasteiger partial charge is 0.469 e. The number of aryl methyl sites for hydroxylation is 2. The molecule has 3 fully saturated rings. The fraction of sp³-hybridized carbons (Fsp3) is 0.654. The Balaban J connectivity index is 1.36. The monoisotopic (exact) mass is 532 g/mol. The number of carbonyl (C=O) groups excluding carboxylic acids is 2. The van der Waals surface area contributed by atoms with E-state index in [1.165, 1.54) is 20.0 Å². The normalized spacial score (nSPS) is 23.0. The van der Waals surface area contributed by atoms with Gasteiger partial charge in [0.15, 0.2) is 0 Å². The SMILES string of the molecule is CCc1nc(-c2nnn(C)c2CN2C[C@H](CC3CC3)OC2=O)ccc1N1C[C@@H](CC(=O)OC)CC(F)(F)C1. The van der Waals surface area contributed by atoms with Crippen LogP contribution in [0.2, 0.25) is 0 Å². The van der Waals surface area contributed by atoms with Crippen molar-refractivity contribution in [1.29, 1.82) is 0 Å². The number of hydrogen-bond donors (Lipinski definition) is 0. The van der Waals surface area contributed by atoms with Gasteiger partial charge in [-0.3, -0.25) is 9.69 Å². The Morgan fingerprint density at radius 1 is 1.24 bits per heavy atom. The number of rotatable bonds is 9. The van der Waals surface area contributed by atoms with Crippen LogP contribution < -0.4 is 4.90 Å². The van der Waals surface area contributed by atoms with Crippen LogP contribution in [0.15, 0.2) is 12.1 Å². The molecule has 0 radical (unpaired) electrons. The topological polar surface area (TPSA) is 103 Å². The van der Waals surface area contributed by atoms with Gasteiger partial charge in [-0.2, -0.15) is 0 Å². The molecular weight excluding hydrogens is 498 g/mol. The smallest absolute Gasteiger partial charge is 0.410 e. The highest BCUT2D eigenvalue weighted by Gasteiger charge is 2.42. The molecule has 12 heteroatoms. The number of carbonyl (C=O) groups is 2. The minimum absolute atomic E-state index is 0.0566. The Morgan fingerprint density at radius 3 is 2.74 bits per heavy atom. The van der Waals surface area contributed by atoms with Gasteiger partial charge in [0.1, 0.15) is 11.8 Å². The molecule has 10 nitrogen and oxygen atoms in total. The number of alkyl halides is 2. The number of amides is 1. The van der Waals surface area contributed by atoms with Crippen molar-refractivity contribution in [2.24, 2.45) is 18.9 Å². The van der Waals surface area contributed by atoms with E-state index in [0.717, 1.165) is 12.1 Å². The van der Waals surface area contributed by atoms with Gasteiger partial charge in [0.25, 0.3) is 5.92 Å². The summed E-state index contributed by atoms with van der Waals surface area (Å²) in [6, 6.07) is 3.54. The maximum Gasteiger partial charge on any atom is 0.410 e. The molecule has 2 aromatic rings. The second kappa shape index (κ2) is 10.5. The second-order valence-corrected chi connectivity index (χ2v) is 10.7. The van der Waals surface area contributed by atoms with Crippen LogP contribution in [-0.4, -0.2) is 75.7 Å². The number of nitrogens with zero attached hydrogens (tertiary/aromatic N) is 6. The summed E-state index contributed by atoms with van der Waals surface area (Å²) in [4.78, 5) is 32.3. The van der Waals surface area contributed by atoms with Crippen LogP contribution in [0.4, 0.5) is 19.3 Å². The minimum atomic E-state index is -2.93. The first-order valence-corrected chi connectivity index (χ1v) is 13.2. The molecule has 5 rings (SSSR count). The molecular formula is C26H34F2N6O4. The number of esters is 1. The fourth-order valence-electron chi connectivity index (χ4n) is 5.51. The van der Waals surface area contributed by atoms with Gasteiger partial charge in [0.05, 0.1) is 55.9 Å². The number of ether oxygens (including phenoxy) is 2. The molecule has 0 aromatic carbocycles. The van der Waals surface area contributed by atoms with Crippen LogP contribution >= 0.6 is 0 Å². The molecule has 0 bridgehead atoms. The third-order valence-corrected chi connectivity index (χ3v) is 7.57. The number of piperidine rings is 1. The number of methoxy groups -OCH3 is 1. The number of aromatic nitrogens is 4. The van der Waals surface area contributed by atoms with E-state index in [9.17, 15) is 18.4 Å². The van der Waals surface area contributed by atoms with Gasteiger partial charge in [-0.1, -0.05) is 25.0 Å². The summed E-state index contributed by atoms with van der Waals surface area (Å²) >= 11 is 0. The molecule has 1 amide bonds. The number of hydrogen-bond acceptors (Lipinski definition) is 8. The molecule has 2 aromatic heterocycles. The molecule has 0 N–H and O–H groups in total.